The summed E-state index contributed by atoms with van der Waals surface area (Å²) in [6, 6.07) is 4.92. The summed E-state index contributed by atoms with van der Waals surface area (Å²) in [6.45, 7) is 3.72. The number of hydrogen-bond acceptors (Lipinski definition) is 7. The predicted octanol–water partition coefficient (Wildman–Crippen LogP) is 0.814. The van der Waals surface area contributed by atoms with Gasteiger partial charge >= 0.3 is 5.97 Å². The molecule has 18 heavy (non-hydrogen) atoms. The zero-order valence-electron chi connectivity index (χ0n) is 9.99. The van der Waals surface area contributed by atoms with Gasteiger partial charge in [0.2, 0.25) is 5.82 Å². The molecule has 0 bridgehead atoms. The monoisotopic (exact) mass is 245 g/mol. The lowest BCUT2D eigenvalue weighted by Crippen LogP contribution is -2.08. The van der Waals surface area contributed by atoms with E-state index in [0.29, 0.717) is 18.1 Å². The van der Waals surface area contributed by atoms with Crippen molar-refractivity contribution in [2.24, 2.45) is 0 Å². The minimum Gasteiger partial charge on any atom is -0.461 e. The van der Waals surface area contributed by atoms with Crippen LogP contribution in [0, 0.1) is 6.92 Å². The third-order valence-electron chi connectivity index (χ3n) is 2.04. The molecule has 2 aromatic rings. The van der Waals surface area contributed by atoms with Gasteiger partial charge in [-0.1, -0.05) is 6.07 Å². The molecular formula is C11H11N5O2. The number of carbonyl (C=O) groups is 1. The molecule has 2 aromatic heterocycles. The Morgan fingerprint density at radius 3 is 2.61 bits per heavy atom. The maximum atomic E-state index is 11.5. The van der Waals surface area contributed by atoms with Gasteiger partial charge in [-0.15, -0.1) is 20.4 Å². The lowest BCUT2D eigenvalue weighted by molar-refractivity contribution is 0.0519. The summed E-state index contributed by atoms with van der Waals surface area (Å²) in [5.41, 5.74) is 0.638. The first-order chi connectivity index (χ1) is 8.70. The molecule has 0 aliphatic rings. The van der Waals surface area contributed by atoms with Gasteiger partial charge in [0.1, 0.15) is 11.4 Å². The molecular weight excluding hydrogens is 234 g/mol. The van der Waals surface area contributed by atoms with Crippen LogP contribution >= 0.6 is 0 Å². The average molecular weight is 245 g/mol. The van der Waals surface area contributed by atoms with Crippen molar-refractivity contribution in [1.29, 1.82) is 0 Å². The lowest BCUT2D eigenvalue weighted by atomic mass is 10.3. The second-order valence-electron chi connectivity index (χ2n) is 3.40. The first kappa shape index (κ1) is 12.0. The molecule has 0 aliphatic carbocycles. The van der Waals surface area contributed by atoms with Crippen molar-refractivity contribution in [1.82, 2.24) is 25.4 Å². The van der Waals surface area contributed by atoms with Gasteiger partial charge in [-0.05, 0) is 26.0 Å². The van der Waals surface area contributed by atoms with Crippen molar-refractivity contribution >= 4 is 5.97 Å². The van der Waals surface area contributed by atoms with E-state index in [1.807, 2.05) is 0 Å². The van der Waals surface area contributed by atoms with E-state index in [2.05, 4.69) is 25.4 Å². The summed E-state index contributed by atoms with van der Waals surface area (Å²) in [5.74, 6) is 0.263. The highest BCUT2D eigenvalue weighted by Gasteiger charge is 2.11. The molecule has 0 unspecified atom stereocenters. The zero-order valence-corrected chi connectivity index (χ0v) is 9.99. The van der Waals surface area contributed by atoms with Crippen LogP contribution in [0.15, 0.2) is 18.2 Å². The highest BCUT2D eigenvalue weighted by Crippen LogP contribution is 2.10. The Labute approximate surface area is 103 Å². The first-order valence-electron chi connectivity index (χ1n) is 5.39. The Kier molecular flexibility index (Phi) is 3.52. The van der Waals surface area contributed by atoms with Crippen LogP contribution < -0.4 is 0 Å². The Hall–Kier alpha value is -2.44. The van der Waals surface area contributed by atoms with Crippen molar-refractivity contribution in [3.8, 4) is 11.5 Å². The fourth-order valence-corrected chi connectivity index (χ4v) is 1.26. The van der Waals surface area contributed by atoms with E-state index < -0.39 is 5.97 Å². The van der Waals surface area contributed by atoms with E-state index in [9.17, 15) is 4.79 Å². The maximum absolute atomic E-state index is 11.5. The van der Waals surface area contributed by atoms with E-state index >= 15 is 0 Å². The van der Waals surface area contributed by atoms with Crippen molar-refractivity contribution in [3.05, 3.63) is 29.7 Å². The summed E-state index contributed by atoms with van der Waals surface area (Å²) in [7, 11) is 0. The number of hydrogen-bond donors (Lipinski definition) is 0. The van der Waals surface area contributed by atoms with Gasteiger partial charge in [0, 0.05) is 0 Å². The zero-order chi connectivity index (χ0) is 13.0. The van der Waals surface area contributed by atoms with Gasteiger partial charge in [0.25, 0.3) is 0 Å². The van der Waals surface area contributed by atoms with Gasteiger partial charge in [0.05, 0.1) is 6.61 Å². The molecule has 0 amide bonds. The summed E-state index contributed by atoms with van der Waals surface area (Å²) in [4.78, 5) is 15.6. The van der Waals surface area contributed by atoms with Crippen LogP contribution in [-0.2, 0) is 4.74 Å². The molecule has 0 N–H and O–H groups in total. The number of nitrogens with zero attached hydrogens (tertiary/aromatic N) is 5. The van der Waals surface area contributed by atoms with Crippen molar-refractivity contribution in [2.45, 2.75) is 13.8 Å². The van der Waals surface area contributed by atoms with E-state index in [1.54, 1.807) is 32.0 Å². The Morgan fingerprint density at radius 1 is 1.22 bits per heavy atom. The molecule has 0 aromatic carbocycles. The number of ether oxygens (including phenoxy) is 1. The highest BCUT2D eigenvalue weighted by molar-refractivity contribution is 5.87. The number of esters is 1. The molecule has 92 valence electrons. The third kappa shape index (κ3) is 2.62. The van der Waals surface area contributed by atoms with Gasteiger partial charge in [-0.3, -0.25) is 0 Å². The van der Waals surface area contributed by atoms with Crippen molar-refractivity contribution < 1.29 is 9.53 Å². The fraction of sp³-hybridized carbons (Fsp3) is 0.273. The summed E-state index contributed by atoms with van der Waals surface area (Å²) in [6.07, 6.45) is 0. The van der Waals surface area contributed by atoms with Crippen LogP contribution in [0.5, 0.6) is 0 Å². The Balaban J connectivity index is 2.32. The number of rotatable bonds is 3. The summed E-state index contributed by atoms with van der Waals surface area (Å²) in [5, 5.41) is 15.3. The second-order valence-corrected chi connectivity index (χ2v) is 3.40. The number of aryl methyl sites for hydroxylation is 1. The minimum absolute atomic E-state index is 0.207. The van der Waals surface area contributed by atoms with E-state index in [4.69, 9.17) is 4.74 Å². The van der Waals surface area contributed by atoms with Crippen LogP contribution in [0.3, 0.4) is 0 Å². The number of pyridine rings is 1. The second kappa shape index (κ2) is 5.26. The molecule has 0 aliphatic heterocycles. The fourth-order valence-electron chi connectivity index (χ4n) is 1.26. The van der Waals surface area contributed by atoms with Crippen LogP contribution in [0.2, 0.25) is 0 Å². The lowest BCUT2D eigenvalue weighted by Gasteiger charge is -2.02. The van der Waals surface area contributed by atoms with E-state index in [-0.39, 0.29) is 11.5 Å². The molecule has 0 fully saturated rings. The molecule has 2 rings (SSSR count). The van der Waals surface area contributed by atoms with Gasteiger partial charge < -0.3 is 4.74 Å². The largest absolute Gasteiger partial charge is 0.461 e. The molecule has 0 radical (unpaired) electrons. The van der Waals surface area contributed by atoms with Crippen molar-refractivity contribution in [3.63, 3.8) is 0 Å². The normalized spacial score (nSPS) is 10.1. The van der Waals surface area contributed by atoms with Crippen LogP contribution in [0.25, 0.3) is 11.5 Å². The Bertz CT molecular complexity index is 556. The van der Waals surface area contributed by atoms with Gasteiger partial charge in [-0.25, -0.2) is 9.78 Å². The van der Waals surface area contributed by atoms with Crippen LogP contribution in [-0.4, -0.2) is 38.0 Å². The van der Waals surface area contributed by atoms with Crippen LogP contribution in [0.4, 0.5) is 0 Å². The molecule has 0 saturated carbocycles. The topological polar surface area (TPSA) is 90.8 Å². The predicted molar refractivity (Wildman–Crippen MR) is 61.5 cm³/mol. The number of carbonyl (C=O) groups excluding carboxylic acids is 1. The van der Waals surface area contributed by atoms with E-state index in [0.717, 1.165) is 0 Å². The quantitative estimate of drug-likeness (QED) is 0.739. The highest BCUT2D eigenvalue weighted by atomic mass is 16.5. The molecule has 2 heterocycles. The molecule has 0 atom stereocenters. The SMILES string of the molecule is CCOC(=O)c1cccc(-c2nnc(C)nn2)n1. The third-order valence-corrected chi connectivity index (χ3v) is 2.04. The average Bonchev–Trinajstić information content (AvgIpc) is 2.40. The first-order valence-corrected chi connectivity index (χ1v) is 5.39. The smallest absolute Gasteiger partial charge is 0.356 e. The molecule has 0 spiro atoms. The minimum atomic E-state index is -0.479. The summed E-state index contributed by atoms with van der Waals surface area (Å²) < 4.78 is 4.86. The van der Waals surface area contributed by atoms with E-state index in [1.165, 1.54) is 0 Å². The molecule has 7 heteroatoms. The number of aromatic nitrogens is 5. The standard InChI is InChI=1S/C11H11N5O2/c1-3-18-11(17)9-6-4-5-8(12-9)10-15-13-7(2)14-16-10/h4-6H,3H2,1-2H3. The Morgan fingerprint density at radius 2 is 1.94 bits per heavy atom. The van der Waals surface area contributed by atoms with Crippen LogP contribution in [0.1, 0.15) is 23.2 Å². The summed E-state index contributed by atoms with van der Waals surface area (Å²) >= 11 is 0. The molecule has 0 saturated heterocycles. The molecule has 7 nitrogen and oxygen atoms in total. The van der Waals surface area contributed by atoms with Gasteiger partial charge in [-0.2, -0.15) is 0 Å². The maximum Gasteiger partial charge on any atom is 0.356 e. The van der Waals surface area contributed by atoms with Crippen molar-refractivity contribution in [2.75, 3.05) is 6.61 Å². The van der Waals surface area contributed by atoms with Gasteiger partial charge in [0.15, 0.2) is 5.82 Å².